The summed E-state index contributed by atoms with van der Waals surface area (Å²) in [6.45, 7) is 24.0. The lowest BCUT2D eigenvalue weighted by Crippen LogP contribution is -2.46. The van der Waals surface area contributed by atoms with Crippen molar-refractivity contribution in [3.8, 4) is 0 Å². The number of ether oxygens (including phenoxy) is 1. The van der Waals surface area contributed by atoms with Crippen molar-refractivity contribution in [2.24, 2.45) is 0 Å². The molecule has 0 spiro atoms. The predicted octanol–water partition coefficient (Wildman–Crippen LogP) is 5.74. The number of thioether (sulfide) groups is 1. The van der Waals surface area contributed by atoms with Crippen LogP contribution < -0.4 is 0 Å². The van der Waals surface area contributed by atoms with Crippen LogP contribution in [0.5, 0.6) is 0 Å². The largest absolute Gasteiger partial charge is 0.414 e. The van der Waals surface area contributed by atoms with Gasteiger partial charge in [-0.1, -0.05) is 41.5 Å². The van der Waals surface area contributed by atoms with Gasteiger partial charge < -0.3 is 13.6 Å². The Morgan fingerprint density at radius 1 is 0.783 bits per heavy atom. The average Bonchev–Trinajstić information content (AvgIpc) is 2.35. The van der Waals surface area contributed by atoms with Gasteiger partial charge >= 0.3 is 0 Å². The van der Waals surface area contributed by atoms with Gasteiger partial charge in [-0.3, -0.25) is 0 Å². The lowest BCUT2D eigenvalue weighted by Gasteiger charge is -2.39. The maximum atomic E-state index is 6.34. The Morgan fingerprint density at radius 3 is 1.39 bits per heavy atom. The van der Waals surface area contributed by atoms with Crippen molar-refractivity contribution in [3.05, 3.63) is 0 Å². The van der Waals surface area contributed by atoms with E-state index in [-0.39, 0.29) is 16.2 Å². The van der Waals surface area contributed by atoms with Gasteiger partial charge in [0.1, 0.15) is 6.10 Å². The van der Waals surface area contributed by atoms with E-state index < -0.39 is 16.6 Å². The minimum atomic E-state index is -1.75. The van der Waals surface area contributed by atoms with Crippen molar-refractivity contribution in [3.63, 3.8) is 0 Å². The Morgan fingerprint density at radius 2 is 1.13 bits per heavy atom. The summed E-state index contributed by atoms with van der Waals surface area (Å²) in [5.41, 5.74) is 0. The SMILES string of the molecule is CSCOC(CO[Si](C)(C)C(C)(C)C)CO[Si](C)(C)C(C)(C)C. The molecule has 0 saturated carbocycles. The Labute approximate surface area is 151 Å². The van der Waals surface area contributed by atoms with E-state index in [0.717, 1.165) is 0 Å². The summed E-state index contributed by atoms with van der Waals surface area (Å²) >= 11 is 1.70. The first-order valence-corrected chi connectivity index (χ1v) is 15.7. The molecule has 3 nitrogen and oxygen atoms in total. The van der Waals surface area contributed by atoms with Gasteiger partial charge in [0.25, 0.3) is 0 Å². The van der Waals surface area contributed by atoms with Crippen LogP contribution in [0.3, 0.4) is 0 Å². The molecule has 0 radical (unpaired) electrons. The fraction of sp³-hybridized carbons (Fsp3) is 1.00. The van der Waals surface area contributed by atoms with Gasteiger partial charge in [0.2, 0.25) is 0 Å². The highest BCUT2D eigenvalue weighted by molar-refractivity contribution is 7.98. The smallest absolute Gasteiger partial charge is 0.192 e. The molecule has 0 N–H and O–H groups in total. The third kappa shape index (κ3) is 8.05. The summed E-state index contributed by atoms with van der Waals surface area (Å²) in [6, 6.07) is 0. The summed E-state index contributed by atoms with van der Waals surface area (Å²) in [4.78, 5) is 0. The Kier molecular flexibility index (Phi) is 9.11. The van der Waals surface area contributed by atoms with Crippen LogP contribution >= 0.6 is 11.8 Å². The normalized spacial score (nSPS) is 14.6. The molecular weight excluding hydrogens is 340 g/mol. The minimum absolute atomic E-state index is 0.0192. The molecule has 0 aromatic heterocycles. The van der Waals surface area contributed by atoms with Crippen LogP contribution in [-0.2, 0) is 13.6 Å². The highest BCUT2D eigenvalue weighted by Crippen LogP contribution is 2.38. The second-order valence-electron chi connectivity index (χ2n) is 9.34. The van der Waals surface area contributed by atoms with Gasteiger partial charge in [0.15, 0.2) is 16.6 Å². The van der Waals surface area contributed by atoms with Crippen LogP contribution in [-0.4, -0.2) is 48.1 Å². The van der Waals surface area contributed by atoms with Crippen molar-refractivity contribution < 1.29 is 13.6 Å². The summed E-state index contributed by atoms with van der Waals surface area (Å²) in [7, 11) is -3.50. The van der Waals surface area contributed by atoms with E-state index in [1.165, 1.54) is 0 Å². The first-order chi connectivity index (χ1) is 10.1. The zero-order valence-corrected chi connectivity index (χ0v) is 20.1. The predicted molar refractivity (Wildman–Crippen MR) is 110 cm³/mol. The highest BCUT2D eigenvalue weighted by atomic mass is 32.2. The molecule has 6 heteroatoms. The second-order valence-corrected chi connectivity index (χ2v) is 19.8. The van der Waals surface area contributed by atoms with E-state index in [0.29, 0.717) is 19.2 Å². The number of hydrogen-bond acceptors (Lipinski definition) is 4. The summed E-state index contributed by atoms with van der Waals surface area (Å²) in [5.74, 6) is 0.687. The quantitative estimate of drug-likeness (QED) is 0.377. The summed E-state index contributed by atoms with van der Waals surface area (Å²) in [5, 5.41) is 0.439. The van der Waals surface area contributed by atoms with E-state index >= 15 is 0 Å². The van der Waals surface area contributed by atoms with Crippen molar-refractivity contribution in [1.82, 2.24) is 0 Å². The standard InChI is InChI=1S/C17H40O3SSi2/c1-16(2,3)22(8,9)19-12-15(18-14-21-7)13-20-23(10,11)17(4,5)6/h15H,12-14H2,1-11H3. The van der Waals surface area contributed by atoms with Crippen LogP contribution in [0.4, 0.5) is 0 Å². The van der Waals surface area contributed by atoms with Crippen LogP contribution in [0.25, 0.3) is 0 Å². The van der Waals surface area contributed by atoms with Crippen molar-refractivity contribution >= 4 is 28.4 Å². The third-order valence-electron chi connectivity index (χ3n) is 5.29. The lowest BCUT2D eigenvalue weighted by molar-refractivity contribution is 0.00897. The van der Waals surface area contributed by atoms with Crippen molar-refractivity contribution in [1.29, 1.82) is 0 Å². The Bertz CT molecular complexity index is 317. The van der Waals surface area contributed by atoms with Gasteiger partial charge in [0, 0.05) is 0 Å². The van der Waals surface area contributed by atoms with Gasteiger partial charge in [-0.15, -0.1) is 11.8 Å². The first kappa shape index (κ1) is 23.7. The fourth-order valence-corrected chi connectivity index (χ4v) is 3.74. The molecule has 0 bridgehead atoms. The zero-order chi connectivity index (χ0) is 18.5. The molecule has 0 fully saturated rings. The zero-order valence-electron chi connectivity index (χ0n) is 17.3. The molecule has 0 heterocycles. The molecule has 0 saturated heterocycles. The number of rotatable bonds is 9. The van der Waals surface area contributed by atoms with Crippen molar-refractivity contribution in [2.45, 2.75) is 83.9 Å². The monoisotopic (exact) mass is 380 g/mol. The molecule has 0 unspecified atom stereocenters. The van der Waals surface area contributed by atoms with E-state index in [1.54, 1.807) is 11.8 Å². The van der Waals surface area contributed by atoms with Gasteiger partial charge in [-0.2, -0.15) is 0 Å². The molecule has 0 aliphatic carbocycles. The fourth-order valence-electron chi connectivity index (χ4n) is 1.34. The average molecular weight is 381 g/mol. The van der Waals surface area contributed by atoms with E-state index in [1.807, 2.05) is 0 Å². The van der Waals surface area contributed by atoms with Crippen LogP contribution in [0, 0.1) is 0 Å². The molecule has 0 amide bonds. The molecule has 0 aliphatic heterocycles. The molecular formula is C17H40O3SSi2. The lowest BCUT2D eigenvalue weighted by atomic mass is 10.2. The molecule has 0 atom stereocenters. The second kappa shape index (κ2) is 8.85. The van der Waals surface area contributed by atoms with Crippen molar-refractivity contribution in [2.75, 3.05) is 25.4 Å². The van der Waals surface area contributed by atoms with Gasteiger partial charge in [-0.05, 0) is 42.5 Å². The maximum Gasteiger partial charge on any atom is 0.192 e. The molecule has 0 rings (SSSR count). The third-order valence-corrected chi connectivity index (χ3v) is 14.7. The molecule has 0 aromatic rings. The van der Waals surface area contributed by atoms with Gasteiger partial charge in [-0.25, -0.2) is 0 Å². The van der Waals surface area contributed by atoms with Gasteiger partial charge in [0.05, 0.1) is 19.2 Å². The Balaban J connectivity index is 4.72. The number of hydrogen-bond donors (Lipinski definition) is 0. The van der Waals surface area contributed by atoms with E-state index in [4.69, 9.17) is 13.6 Å². The van der Waals surface area contributed by atoms with Crippen LogP contribution in [0.1, 0.15) is 41.5 Å². The van der Waals surface area contributed by atoms with E-state index in [2.05, 4.69) is 74.0 Å². The topological polar surface area (TPSA) is 27.7 Å². The minimum Gasteiger partial charge on any atom is -0.414 e. The van der Waals surface area contributed by atoms with Crippen LogP contribution in [0.2, 0.25) is 36.3 Å². The summed E-state index contributed by atoms with van der Waals surface area (Å²) in [6.07, 6.45) is 2.08. The molecule has 0 aliphatic rings. The highest BCUT2D eigenvalue weighted by Gasteiger charge is 2.39. The van der Waals surface area contributed by atoms with E-state index in [9.17, 15) is 0 Å². The molecule has 140 valence electrons. The Hall–Kier alpha value is 0.664. The molecule has 23 heavy (non-hydrogen) atoms. The maximum absolute atomic E-state index is 6.34. The summed E-state index contributed by atoms with van der Waals surface area (Å²) < 4.78 is 18.7. The first-order valence-electron chi connectivity index (χ1n) is 8.52. The van der Waals surface area contributed by atoms with Crippen LogP contribution in [0.15, 0.2) is 0 Å². The molecule has 0 aromatic carbocycles.